The summed E-state index contributed by atoms with van der Waals surface area (Å²) in [5.41, 5.74) is 2.37. The predicted octanol–water partition coefficient (Wildman–Crippen LogP) is 3.87. The number of likely N-dealkylation sites (N-methyl/N-ethyl adjacent to an activating group) is 1. The van der Waals surface area contributed by atoms with Gasteiger partial charge in [0.25, 0.3) is 0 Å². The molecule has 3 rings (SSSR count). The minimum atomic E-state index is -0.661. The van der Waals surface area contributed by atoms with Crippen LogP contribution in [-0.2, 0) is 4.74 Å². The second-order valence-corrected chi connectivity index (χ2v) is 10.1. The van der Waals surface area contributed by atoms with Gasteiger partial charge >= 0.3 is 0 Å². The van der Waals surface area contributed by atoms with Gasteiger partial charge < -0.3 is 35.3 Å². The number of methoxy groups -OCH3 is 1. The molecule has 196 valence electrons. The molecule has 1 aromatic carbocycles. The topological polar surface area (TPSA) is 124 Å². The van der Waals surface area contributed by atoms with Crippen LogP contribution in [0.1, 0.15) is 32.0 Å². The minimum absolute atomic E-state index is 0.00901. The first-order valence-corrected chi connectivity index (χ1v) is 12.2. The van der Waals surface area contributed by atoms with Crippen molar-refractivity contribution in [2.75, 3.05) is 51.9 Å². The molecular formula is C26H36ClN5O4. The van der Waals surface area contributed by atoms with Crippen LogP contribution >= 0.6 is 11.6 Å². The molecule has 1 fully saturated rings. The molecule has 4 N–H and O–H groups in total. The molecule has 1 aliphatic rings. The number of halogens is 1. The van der Waals surface area contributed by atoms with E-state index < -0.39 is 6.10 Å². The van der Waals surface area contributed by atoms with Gasteiger partial charge in [0.05, 0.1) is 22.9 Å². The van der Waals surface area contributed by atoms with E-state index in [4.69, 9.17) is 36.5 Å². The highest BCUT2D eigenvalue weighted by Gasteiger charge is 2.40. The number of hydrogen-bond acceptors (Lipinski definition) is 9. The van der Waals surface area contributed by atoms with E-state index in [0.717, 1.165) is 24.5 Å². The van der Waals surface area contributed by atoms with Gasteiger partial charge in [-0.05, 0) is 46.0 Å². The van der Waals surface area contributed by atoms with Gasteiger partial charge in [-0.15, -0.1) is 0 Å². The molecule has 1 aliphatic heterocycles. The Morgan fingerprint density at radius 1 is 1.31 bits per heavy atom. The first-order valence-electron chi connectivity index (χ1n) is 11.8. The number of hydrogen-bond donors (Lipinski definition) is 4. The van der Waals surface area contributed by atoms with Crippen LogP contribution in [0.3, 0.4) is 0 Å². The number of aromatic nitrogens is 2. The van der Waals surface area contributed by atoms with Crippen molar-refractivity contribution in [1.29, 1.82) is 5.41 Å². The third-order valence-corrected chi connectivity index (χ3v) is 6.42. The maximum atomic E-state index is 10.4. The van der Waals surface area contributed by atoms with Crippen molar-refractivity contribution in [3.8, 4) is 17.1 Å². The average Bonchev–Trinajstić information content (AvgIpc) is 2.78. The fraction of sp³-hybridized carbons (Fsp3) is 0.500. The average molecular weight is 518 g/mol. The predicted molar refractivity (Wildman–Crippen MR) is 143 cm³/mol. The zero-order valence-corrected chi connectivity index (χ0v) is 22.5. The molecule has 2 heterocycles. The van der Waals surface area contributed by atoms with E-state index in [2.05, 4.69) is 17.1 Å². The fourth-order valence-corrected chi connectivity index (χ4v) is 4.72. The molecule has 9 nitrogen and oxygen atoms in total. The smallest absolute Gasteiger partial charge is 0.163 e. The number of anilines is 1. The number of ether oxygens (including phenoxy) is 2. The van der Waals surface area contributed by atoms with Crippen LogP contribution in [0.5, 0.6) is 5.75 Å². The number of aliphatic hydroxyl groups is 2. The van der Waals surface area contributed by atoms with Gasteiger partial charge in [0.15, 0.2) is 5.82 Å². The monoisotopic (exact) mass is 517 g/mol. The third kappa shape index (κ3) is 6.15. The lowest BCUT2D eigenvalue weighted by molar-refractivity contribution is 0.0697. The fourth-order valence-electron chi connectivity index (χ4n) is 4.51. The molecule has 0 spiro atoms. The lowest BCUT2D eigenvalue weighted by atomic mass is 9.82. The Bertz CT molecular complexity index is 1140. The zero-order valence-electron chi connectivity index (χ0n) is 21.8. The zero-order chi connectivity index (χ0) is 26.6. The molecule has 36 heavy (non-hydrogen) atoms. The van der Waals surface area contributed by atoms with E-state index in [9.17, 15) is 10.2 Å². The Morgan fingerprint density at radius 3 is 2.58 bits per heavy atom. The summed E-state index contributed by atoms with van der Waals surface area (Å²) in [5, 5.41) is 32.0. The van der Waals surface area contributed by atoms with Crippen LogP contribution < -0.4 is 15.0 Å². The van der Waals surface area contributed by atoms with E-state index in [-0.39, 0.29) is 23.5 Å². The minimum Gasteiger partial charge on any atom is -0.512 e. The van der Waals surface area contributed by atoms with Gasteiger partial charge in [-0.1, -0.05) is 18.5 Å². The molecule has 10 heteroatoms. The number of allylic oxidation sites excluding steroid dienone is 2. The number of nitrogens with one attached hydrogen (secondary N) is 2. The van der Waals surface area contributed by atoms with Crippen LogP contribution in [0.15, 0.2) is 24.0 Å². The highest BCUT2D eigenvalue weighted by atomic mass is 35.5. The highest BCUT2D eigenvalue weighted by molar-refractivity contribution is 6.33. The maximum absolute atomic E-state index is 10.4. The summed E-state index contributed by atoms with van der Waals surface area (Å²) in [6, 6.07) is 5.17. The van der Waals surface area contributed by atoms with Crippen molar-refractivity contribution in [1.82, 2.24) is 15.3 Å². The van der Waals surface area contributed by atoms with Crippen molar-refractivity contribution in [2.45, 2.75) is 33.8 Å². The van der Waals surface area contributed by atoms with E-state index in [1.54, 1.807) is 46.2 Å². The van der Waals surface area contributed by atoms with E-state index in [1.165, 1.54) is 0 Å². The highest BCUT2D eigenvalue weighted by Crippen LogP contribution is 2.39. The van der Waals surface area contributed by atoms with Gasteiger partial charge in [0, 0.05) is 49.0 Å². The molecule has 0 radical (unpaired) electrons. The van der Waals surface area contributed by atoms with Gasteiger partial charge in [0.1, 0.15) is 30.0 Å². The molecule has 0 aliphatic carbocycles. The van der Waals surface area contributed by atoms with Crippen molar-refractivity contribution in [3.63, 3.8) is 0 Å². The lowest BCUT2D eigenvalue weighted by Gasteiger charge is -2.49. The molecular weight excluding hydrogens is 482 g/mol. The third-order valence-electron chi connectivity index (χ3n) is 6.09. The Hall–Kier alpha value is -2.72. The Labute approximate surface area is 217 Å². The van der Waals surface area contributed by atoms with E-state index in [0.29, 0.717) is 46.6 Å². The van der Waals surface area contributed by atoms with E-state index in [1.807, 2.05) is 6.92 Å². The summed E-state index contributed by atoms with van der Waals surface area (Å²) in [6.45, 7) is 9.88. The van der Waals surface area contributed by atoms with Crippen LogP contribution in [0.4, 0.5) is 5.82 Å². The largest absolute Gasteiger partial charge is 0.512 e. The second kappa shape index (κ2) is 11.6. The van der Waals surface area contributed by atoms with Crippen molar-refractivity contribution >= 4 is 28.7 Å². The summed E-state index contributed by atoms with van der Waals surface area (Å²) in [5.74, 6) is 1.61. The van der Waals surface area contributed by atoms with Gasteiger partial charge in [-0.25, -0.2) is 9.97 Å². The first-order chi connectivity index (χ1) is 17.0. The molecule has 0 amide bonds. The standard InChI is InChI=1S/C26H36ClN5O4/c1-15-23(22(16(2)28)17(3)33)30-24(31-25(15)32-12-26(4,13-32)14-35-6)20-9-19(7-8-21(20)27)36-11-18(34)10-29-5/h7-9,18,28-29,33-34H,10-14H2,1-6H3/b22-17+,28-16?/t18-/m1/s1. The van der Waals surface area contributed by atoms with Gasteiger partial charge in [0.2, 0.25) is 0 Å². The summed E-state index contributed by atoms with van der Waals surface area (Å²) in [7, 11) is 3.46. The molecule has 2 aromatic rings. The maximum Gasteiger partial charge on any atom is 0.163 e. The number of aliphatic hydroxyl groups excluding tert-OH is 2. The summed E-state index contributed by atoms with van der Waals surface area (Å²) in [4.78, 5) is 11.8. The molecule has 0 unspecified atom stereocenters. The number of benzene rings is 1. The SMILES string of the molecule is CNC[C@@H](O)COc1ccc(Cl)c(-c2nc(/C(C(C)=N)=C(\C)O)c(C)c(N3CC(C)(COC)C3)n2)c1. The number of nitrogens with zero attached hydrogens (tertiary/aromatic N) is 3. The Morgan fingerprint density at radius 2 is 2.00 bits per heavy atom. The Balaban J connectivity index is 2.09. The molecule has 0 saturated carbocycles. The molecule has 1 saturated heterocycles. The quantitative estimate of drug-likeness (QED) is 0.261. The van der Waals surface area contributed by atoms with Crippen LogP contribution in [0.25, 0.3) is 17.0 Å². The van der Waals surface area contributed by atoms with Crippen LogP contribution in [0.2, 0.25) is 5.02 Å². The van der Waals surface area contributed by atoms with Crippen molar-refractivity contribution in [2.24, 2.45) is 5.41 Å². The first kappa shape index (κ1) is 27.9. The summed E-state index contributed by atoms with van der Waals surface area (Å²) in [6.07, 6.45) is -0.661. The lowest BCUT2D eigenvalue weighted by Crippen LogP contribution is -2.57. The normalized spacial score (nSPS) is 16.3. The Kier molecular flexibility index (Phi) is 8.94. The molecule has 0 bridgehead atoms. The van der Waals surface area contributed by atoms with Crippen LogP contribution in [0, 0.1) is 17.7 Å². The second-order valence-electron chi connectivity index (χ2n) is 9.69. The molecule has 1 aromatic heterocycles. The summed E-state index contributed by atoms with van der Waals surface area (Å²) < 4.78 is 11.2. The van der Waals surface area contributed by atoms with E-state index >= 15 is 0 Å². The van der Waals surface area contributed by atoms with Crippen molar-refractivity contribution < 1.29 is 19.7 Å². The number of rotatable bonds is 11. The van der Waals surface area contributed by atoms with Crippen molar-refractivity contribution in [3.05, 3.63) is 40.2 Å². The molecule has 1 atom stereocenters. The van der Waals surface area contributed by atoms with Crippen LogP contribution in [-0.4, -0.2) is 79.0 Å². The summed E-state index contributed by atoms with van der Waals surface area (Å²) >= 11 is 6.58. The van der Waals surface area contributed by atoms with Gasteiger partial charge in [-0.2, -0.15) is 0 Å². The van der Waals surface area contributed by atoms with Gasteiger partial charge in [-0.3, -0.25) is 0 Å².